The van der Waals surface area contributed by atoms with Crippen LogP contribution in [0.3, 0.4) is 0 Å². The van der Waals surface area contributed by atoms with Crippen molar-refractivity contribution in [1.82, 2.24) is 0 Å². The van der Waals surface area contributed by atoms with E-state index in [1.165, 1.54) is 6.07 Å². The SMILES string of the molecule is CSCc1ccc(C(=O)Nc2c(F)cccc2F)cc1. The molecule has 0 atom stereocenters. The molecule has 2 rings (SSSR count). The fraction of sp³-hybridized carbons (Fsp3) is 0.133. The van der Waals surface area contributed by atoms with E-state index in [0.717, 1.165) is 23.4 Å². The van der Waals surface area contributed by atoms with Gasteiger partial charge >= 0.3 is 0 Å². The van der Waals surface area contributed by atoms with Crippen LogP contribution in [-0.4, -0.2) is 12.2 Å². The summed E-state index contributed by atoms with van der Waals surface area (Å²) in [5.41, 5.74) is 1.02. The lowest BCUT2D eigenvalue weighted by Crippen LogP contribution is -2.14. The molecule has 20 heavy (non-hydrogen) atoms. The van der Waals surface area contributed by atoms with Crippen LogP contribution < -0.4 is 5.32 Å². The van der Waals surface area contributed by atoms with Crippen LogP contribution in [0.2, 0.25) is 0 Å². The molecule has 104 valence electrons. The first kappa shape index (κ1) is 14.5. The van der Waals surface area contributed by atoms with E-state index in [0.29, 0.717) is 5.56 Å². The van der Waals surface area contributed by atoms with E-state index < -0.39 is 23.2 Å². The van der Waals surface area contributed by atoms with Crippen molar-refractivity contribution in [3.05, 3.63) is 65.2 Å². The number of thioether (sulfide) groups is 1. The molecular formula is C15H13F2NOS. The van der Waals surface area contributed by atoms with Crippen LogP contribution in [0.15, 0.2) is 42.5 Å². The summed E-state index contributed by atoms with van der Waals surface area (Å²) in [4.78, 5) is 11.9. The zero-order valence-corrected chi connectivity index (χ0v) is 11.6. The predicted molar refractivity (Wildman–Crippen MR) is 78.0 cm³/mol. The molecule has 5 heteroatoms. The van der Waals surface area contributed by atoms with Gasteiger partial charge in [-0.05, 0) is 36.1 Å². The van der Waals surface area contributed by atoms with Crippen LogP contribution in [-0.2, 0) is 5.75 Å². The van der Waals surface area contributed by atoms with Crippen LogP contribution in [0.4, 0.5) is 14.5 Å². The Morgan fingerprint density at radius 3 is 2.25 bits per heavy atom. The largest absolute Gasteiger partial charge is 0.317 e. The molecule has 0 radical (unpaired) electrons. The molecule has 1 N–H and O–H groups in total. The van der Waals surface area contributed by atoms with Crippen LogP contribution in [0.25, 0.3) is 0 Å². The maximum absolute atomic E-state index is 13.4. The average Bonchev–Trinajstić information content (AvgIpc) is 2.44. The van der Waals surface area contributed by atoms with E-state index in [2.05, 4.69) is 5.32 Å². The topological polar surface area (TPSA) is 29.1 Å². The molecule has 0 aliphatic carbocycles. The van der Waals surface area contributed by atoms with Gasteiger partial charge in [0, 0.05) is 11.3 Å². The first-order chi connectivity index (χ1) is 9.61. The lowest BCUT2D eigenvalue weighted by atomic mass is 10.1. The molecule has 2 nitrogen and oxygen atoms in total. The maximum Gasteiger partial charge on any atom is 0.255 e. The minimum Gasteiger partial charge on any atom is -0.317 e. The van der Waals surface area contributed by atoms with E-state index in [1.807, 2.05) is 18.4 Å². The number of hydrogen-bond acceptors (Lipinski definition) is 2. The van der Waals surface area contributed by atoms with Crippen LogP contribution >= 0.6 is 11.8 Å². The van der Waals surface area contributed by atoms with Gasteiger partial charge in [-0.1, -0.05) is 18.2 Å². The van der Waals surface area contributed by atoms with E-state index in [-0.39, 0.29) is 0 Å². The average molecular weight is 293 g/mol. The molecule has 0 spiro atoms. The second kappa shape index (κ2) is 6.52. The molecule has 0 aliphatic rings. The zero-order valence-electron chi connectivity index (χ0n) is 10.8. The number of nitrogens with one attached hydrogen (secondary N) is 1. The van der Waals surface area contributed by atoms with Gasteiger partial charge in [0.2, 0.25) is 0 Å². The number of benzene rings is 2. The Morgan fingerprint density at radius 2 is 1.70 bits per heavy atom. The Kier molecular flexibility index (Phi) is 4.74. The summed E-state index contributed by atoms with van der Waals surface area (Å²) in [6.07, 6.45) is 1.99. The molecule has 0 heterocycles. The predicted octanol–water partition coefficient (Wildman–Crippen LogP) is 4.08. The molecule has 0 unspecified atom stereocenters. The van der Waals surface area contributed by atoms with E-state index in [4.69, 9.17) is 0 Å². The number of carbonyl (C=O) groups is 1. The molecule has 0 aromatic heterocycles. The number of para-hydroxylation sites is 1. The third-order valence-electron chi connectivity index (χ3n) is 2.73. The highest BCUT2D eigenvalue weighted by Crippen LogP contribution is 2.19. The fourth-order valence-electron chi connectivity index (χ4n) is 1.72. The van der Waals surface area contributed by atoms with Gasteiger partial charge in [0.1, 0.15) is 17.3 Å². The molecule has 0 saturated carbocycles. The standard InChI is InChI=1S/C15H13F2NOS/c1-20-9-10-5-7-11(8-6-10)15(19)18-14-12(16)3-2-4-13(14)17/h2-8H,9H2,1H3,(H,18,19). The highest BCUT2D eigenvalue weighted by atomic mass is 32.2. The van der Waals surface area contributed by atoms with E-state index >= 15 is 0 Å². The molecule has 0 aliphatic heterocycles. The van der Waals surface area contributed by atoms with Crippen LogP contribution in [0.1, 0.15) is 15.9 Å². The van der Waals surface area contributed by atoms with Crippen molar-refractivity contribution in [3.63, 3.8) is 0 Å². The summed E-state index contributed by atoms with van der Waals surface area (Å²) < 4.78 is 26.9. The smallest absolute Gasteiger partial charge is 0.255 e. The molecule has 0 bridgehead atoms. The summed E-state index contributed by atoms with van der Waals surface area (Å²) >= 11 is 1.68. The Morgan fingerprint density at radius 1 is 1.10 bits per heavy atom. The number of rotatable bonds is 4. The van der Waals surface area contributed by atoms with E-state index in [9.17, 15) is 13.6 Å². The fourth-order valence-corrected chi connectivity index (χ4v) is 2.25. The van der Waals surface area contributed by atoms with Crippen molar-refractivity contribution in [3.8, 4) is 0 Å². The number of anilines is 1. The lowest BCUT2D eigenvalue weighted by molar-refractivity contribution is 0.102. The number of amides is 1. The summed E-state index contributed by atoms with van der Waals surface area (Å²) in [6, 6.07) is 10.4. The summed E-state index contributed by atoms with van der Waals surface area (Å²) in [7, 11) is 0. The monoisotopic (exact) mass is 293 g/mol. The van der Waals surface area contributed by atoms with Crippen molar-refractivity contribution < 1.29 is 13.6 Å². The minimum absolute atomic E-state index is 0.359. The van der Waals surface area contributed by atoms with Gasteiger partial charge in [0.25, 0.3) is 5.91 Å². The summed E-state index contributed by atoms with van der Waals surface area (Å²) in [6.45, 7) is 0. The second-order valence-electron chi connectivity index (χ2n) is 4.18. The van der Waals surface area contributed by atoms with Gasteiger partial charge in [-0.25, -0.2) is 8.78 Å². The Labute approximate surface area is 120 Å². The van der Waals surface area contributed by atoms with Gasteiger partial charge < -0.3 is 5.32 Å². The number of hydrogen-bond donors (Lipinski definition) is 1. The Hall–Kier alpha value is -1.88. The quantitative estimate of drug-likeness (QED) is 0.920. The highest BCUT2D eigenvalue weighted by Gasteiger charge is 2.13. The van der Waals surface area contributed by atoms with Crippen molar-refractivity contribution in [1.29, 1.82) is 0 Å². The van der Waals surface area contributed by atoms with Crippen LogP contribution in [0, 0.1) is 11.6 Å². The normalized spacial score (nSPS) is 10.3. The van der Waals surface area contributed by atoms with Crippen LogP contribution in [0.5, 0.6) is 0 Å². The first-order valence-corrected chi connectivity index (χ1v) is 7.34. The third-order valence-corrected chi connectivity index (χ3v) is 3.35. The maximum atomic E-state index is 13.4. The molecule has 1 amide bonds. The molecule has 0 saturated heterocycles. The van der Waals surface area contributed by atoms with Crippen molar-refractivity contribution in [2.24, 2.45) is 0 Å². The molecular weight excluding hydrogens is 280 g/mol. The Balaban J connectivity index is 2.16. The Bertz CT molecular complexity index is 594. The van der Waals surface area contributed by atoms with E-state index in [1.54, 1.807) is 23.9 Å². The van der Waals surface area contributed by atoms with Crippen molar-refractivity contribution >= 4 is 23.4 Å². The van der Waals surface area contributed by atoms with Crippen molar-refractivity contribution in [2.45, 2.75) is 5.75 Å². The summed E-state index contributed by atoms with van der Waals surface area (Å²) in [5.74, 6) is -1.27. The van der Waals surface area contributed by atoms with Crippen molar-refractivity contribution in [2.75, 3.05) is 11.6 Å². The molecule has 0 fully saturated rings. The molecule has 2 aromatic carbocycles. The third kappa shape index (κ3) is 3.36. The van der Waals surface area contributed by atoms with Gasteiger partial charge in [-0.3, -0.25) is 4.79 Å². The highest BCUT2D eigenvalue weighted by molar-refractivity contribution is 7.97. The van der Waals surface area contributed by atoms with Gasteiger partial charge in [-0.2, -0.15) is 11.8 Å². The number of halogens is 2. The lowest BCUT2D eigenvalue weighted by Gasteiger charge is -2.08. The number of carbonyl (C=O) groups excluding carboxylic acids is 1. The van der Waals surface area contributed by atoms with Gasteiger partial charge in [0.15, 0.2) is 0 Å². The van der Waals surface area contributed by atoms with Gasteiger partial charge in [-0.15, -0.1) is 0 Å². The molecule has 2 aromatic rings. The summed E-state index contributed by atoms with van der Waals surface area (Å²) in [5, 5.41) is 2.25. The zero-order chi connectivity index (χ0) is 14.5. The van der Waals surface area contributed by atoms with Gasteiger partial charge in [0.05, 0.1) is 0 Å². The minimum atomic E-state index is -0.794. The first-order valence-electron chi connectivity index (χ1n) is 5.95. The second-order valence-corrected chi connectivity index (χ2v) is 5.05.